The highest BCUT2D eigenvalue weighted by molar-refractivity contribution is 6.01. The van der Waals surface area contributed by atoms with Crippen LogP contribution in [0.1, 0.15) is 25.3 Å². The fraction of sp³-hybridized carbons (Fsp3) is 0.176. The monoisotopic (exact) mass is 281 g/mol. The van der Waals surface area contributed by atoms with Crippen LogP contribution < -0.4 is 10.7 Å². The van der Waals surface area contributed by atoms with Crippen LogP contribution in [0.5, 0.6) is 0 Å². The molecule has 0 aliphatic heterocycles. The zero-order valence-electron chi connectivity index (χ0n) is 12.0. The lowest BCUT2D eigenvalue weighted by molar-refractivity contribution is 0.252. The van der Waals surface area contributed by atoms with Gasteiger partial charge in [0.15, 0.2) is 0 Å². The van der Waals surface area contributed by atoms with Crippen molar-refractivity contribution in [1.29, 1.82) is 0 Å². The van der Waals surface area contributed by atoms with Gasteiger partial charge < -0.3 is 5.32 Å². The molecule has 0 radical (unpaired) electrons. The van der Waals surface area contributed by atoms with Gasteiger partial charge >= 0.3 is 6.03 Å². The molecular formula is C17H19N3O. The predicted molar refractivity (Wildman–Crippen MR) is 86.5 cm³/mol. The number of anilines is 1. The van der Waals surface area contributed by atoms with Gasteiger partial charge in [0.25, 0.3) is 0 Å². The number of carbonyl (C=O) groups is 1. The van der Waals surface area contributed by atoms with E-state index in [1.807, 2.05) is 60.7 Å². The van der Waals surface area contributed by atoms with Gasteiger partial charge in [-0.2, -0.15) is 5.10 Å². The van der Waals surface area contributed by atoms with Gasteiger partial charge in [-0.05, 0) is 24.1 Å². The second-order valence-electron chi connectivity index (χ2n) is 4.61. The van der Waals surface area contributed by atoms with Crippen molar-refractivity contribution in [2.75, 3.05) is 5.32 Å². The Morgan fingerprint density at radius 1 is 1.00 bits per heavy atom. The van der Waals surface area contributed by atoms with Crippen LogP contribution in [0.3, 0.4) is 0 Å². The van der Waals surface area contributed by atoms with Gasteiger partial charge in [0.1, 0.15) is 0 Å². The smallest absolute Gasteiger partial charge is 0.307 e. The summed E-state index contributed by atoms with van der Waals surface area (Å²) in [6.07, 6.45) is 1.78. The maximum atomic E-state index is 11.8. The molecule has 0 aromatic heterocycles. The number of amides is 2. The molecular weight excluding hydrogens is 262 g/mol. The third kappa shape index (κ3) is 4.76. The molecule has 2 amide bonds. The summed E-state index contributed by atoms with van der Waals surface area (Å²) in [4.78, 5) is 11.8. The standard InChI is InChI=1S/C17H19N3O/c1-2-9-16(14-10-5-3-6-11-14)19-20-17(21)18-15-12-7-4-8-13-15/h3-8,10-13H,2,9H2,1H3,(H2,18,20,21). The Morgan fingerprint density at radius 3 is 2.24 bits per heavy atom. The molecule has 2 rings (SSSR count). The molecule has 4 nitrogen and oxygen atoms in total. The number of nitrogens with zero attached hydrogens (tertiary/aromatic N) is 1. The molecule has 0 saturated heterocycles. The molecule has 108 valence electrons. The summed E-state index contributed by atoms with van der Waals surface area (Å²) in [6, 6.07) is 18.8. The number of hydrogen-bond acceptors (Lipinski definition) is 2. The van der Waals surface area contributed by atoms with E-state index in [1.165, 1.54) is 0 Å². The van der Waals surface area contributed by atoms with Gasteiger partial charge in [-0.1, -0.05) is 61.9 Å². The first-order valence-corrected chi connectivity index (χ1v) is 7.03. The number of rotatable bonds is 5. The molecule has 21 heavy (non-hydrogen) atoms. The molecule has 2 aromatic rings. The molecule has 0 spiro atoms. The normalized spacial score (nSPS) is 11.0. The number of hydrazone groups is 1. The lowest BCUT2D eigenvalue weighted by atomic mass is 10.1. The topological polar surface area (TPSA) is 53.5 Å². The molecule has 0 aliphatic carbocycles. The molecule has 0 bridgehead atoms. The van der Waals surface area contributed by atoms with Crippen molar-refractivity contribution in [3.8, 4) is 0 Å². The minimum atomic E-state index is -0.342. The van der Waals surface area contributed by atoms with E-state index in [9.17, 15) is 4.79 Å². The van der Waals surface area contributed by atoms with Crippen LogP contribution in [-0.4, -0.2) is 11.7 Å². The van der Waals surface area contributed by atoms with E-state index in [2.05, 4.69) is 22.8 Å². The maximum Gasteiger partial charge on any atom is 0.339 e. The number of carbonyl (C=O) groups excluding carboxylic acids is 1. The Kier molecular flexibility index (Phi) is 5.52. The first-order chi connectivity index (χ1) is 10.3. The van der Waals surface area contributed by atoms with Crippen molar-refractivity contribution in [1.82, 2.24) is 5.43 Å². The van der Waals surface area contributed by atoms with Gasteiger partial charge in [-0.25, -0.2) is 10.2 Å². The quantitative estimate of drug-likeness (QED) is 0.631. The highest BCUT2D eigenvalue weighted by atomic mass is 16.2. The number of hydrogen-bond donors (Lipinski definition) is 2. The summed E-state index contributed by atoms with van der Waals surface area (Å²) in [5, 5.41) is 6.97. The third-order valence-electron chi connectivity index (χ3n) is 2.92. The summed E-state index contributed by atoms with van der Waals surface area (Å²) >= 11 is 0. The van der Waals surface area contributed by atoms with Crippen LogP contribution in [0.2, 0.25) is 0 Å². The van der Waals surface area contributed by atoms with Crippen molar-refractivity contribution in [2.24, 2.45) is 5.10 Å². The maximum absolute atomic E-state index is 11.8. The van der Waals surface area contributed by atoms with Crippen molar-refractivity contribution >= 4 is 17.4 Å². The zero-order chi connectivity index (χ0) is 14.9. The van der Waals surface area contributed by atoms with E-state index >= 15 is 0 Å². The second kappa shape index (κ2) is 7.85. The van der Waals surface area contributed by atoms with Gasteiger partial charge in [0, 0.05) is 5.69 Å². The van der Waals surface area contributed by atoms with E-state index in [0.717, 1.165) is 29.8 Å². The number of urea groups is 1. The van der Waals surface area contributed by atoms with E-state index in [-0.39, 0.29) is 6.03 Å². The van der Waals surface area contributed by atoms with Crippen LogP contribution in [0.4, 0.5) is 10.5 Å². The van der Waals surface area contributed by atoms with E-state index in [4.69, 9.17) is 0 Å². The van der Waals surface area contributed by atoms with Crippen LogP contribution in [-0.2, 0) is 0 Å². The fourth-order valence-electron chi connectivity index (χ4n) is 1.93. The largest absolute Gasteiger partial charge is 0.339 e. The molecule has 2 aromatic carbocycles. The van der Waals surface area contributed by atoms with E-state index in [1.54, 1.807) is 0 Å². The van der Waals surface area contributed by atoms with Crippen molar-refractivity contribution in [2.45, 2.75) is 19.8 Å². The summed E-state index contributed by atoms with van der Waals surface area (Å²) < 4.78 is 0. The fourth-order valence-corrected chi connectivity index (χ4v) is 1.93. The highest BCUT2D eigenvalue weighted by Crippen LogP contribution is 2.07. The Morgan fingerprint density at radius 2 is 1.62 bits per heavy atom. The summed E-state index contributed by atoms with van der Waals surface area (Å²) in [5.74, 6) is 0. The van der Waals surface area contributed by atoms with Crippen LogP contribution in [0.25, 0.3) is 0 Å². The number of benzene rings is 2. The molecule has 0 saturated carbocycles. The SMILES string of the molecule is CCCC(=NNC(=O)Nc1ccccc1)c1ccccc1. The Labute approximate surface area is 124 Å². The average molecular weight is 281 g/mol. The third-order valence-corrected chi connectivity index (χ3v) is 2.92. The lowest BCUT2D eigenvalue weighted by Crippen LogP contribution is -2.25. The highest BCUT2D eigenvalue weighted by Gasteiger charge is 2.04. The Bertz CT molecular complexity index is 594. The van der Waals surface area contributed by atoms with Crippen LogP contribution in [0.15, 0.2) is 65.8 Å². The average Bonchev–Trinajstić information content (AvgIpc) is 2.53. The van der Waals surface area contributed by atoms with Gasteiger partial charge in [0.2, 0.25) is 0 Å². The van der Waals surface area contributed by atoms with Crippen LogP contribution >= 0.6 is 0 Å². The van der Waals surface area contributed by atoms with Crippen LogP contribution in [0, 0.1) is 0 Å². The first-order valence-electron chi connectivity index (χ1n) is 7.03. The minimum absolute atomic E-state index is 0.342. The molecule has 0 unspecified atom stereocenters. The number of nitrogens with one attached hydrogen (secondary N) is 2. The molecule has 0 heterocycles. The van der Waals surface area contributed by atoms with E-state index < -0.39 is 0 Å². The Hall–Kier alpha value is -2.62. The summed E-state index contributed by atoms with van der Waals surface area (Å²) in [7, 11) is 0. The zero-order valence-corrected chi connectivity index (χ0v) is 12.0. The van der Waals surface area contributed by atoms with Crippen molar-refractivity contribution < 1.29 is 4.79 Å². The van der Waals surface area contributed by atoms with Crippen molar-refractivity contribution in [3.05, 3.63) is 66.2 Å². The van der Waals surface area contributed by atoms with Gasteiger partial charge in [-0.3, -0.25) is 0 Å². The predicted octanol–water partition coefficient (Wildman–Crippen LogP) is 4.01. The van der Waals surface area contributed by atoms with E-state index in [0.29, 0.717) is 0 Å². The summed E-state index contributed by atoms with van der Waals surface area (Å²) in [6.45, 7) is 2.09. The Balaban J connectivity index is 2.01. The molecule has 0 fully saturated rings. The molecule has 4 heteroatoms. The molecule has 2 N–H and O–H groups in total. The van der Waals surface area contributed by atoms with Gasteiger partial charge in [0.05, 0.1) is 5.71 Å². The second-order valence-corrected chi connectivity index (χ2v) is 4.61. The van der Waals surface area contributed by atoms with Crippen molar-refractivity contribution in [3.63, 3.8) is 0 Å². The first kappa shape index (κ1) is 14.8. The minimum Gasteiger partial charge on any atom is -0.307 e. The number of para-hydroxylation sites is 1. The molecule has 0 aliphatic rings. The summed E-state index contributed by atoms with van der Waals surface area (Å²) in [5.41, 5.74) is 5.19. The van der Waals surface area contributed by atoms with Gasteiger partial charge in [-0.15, -0.1) is 0 Å². The molecule has 0 atom stereocenters. The lowest BCUT2D eigenvalue weighted by Gasteiger charge is -2.07.